The van der Waals surface area contributed by atoms with Crippen molar-refractivity contribution in [3.05, 3.63) is 0 Å². The van der Waals surface area contributed by atoms with Gasteiger partial charge in [0.2, 0.25) is 5.91 Å². The Balaban J connectivity index is 3.95. The van der Waals surface area contributed by atoms with E-state index in [4.69, 9.17) is 11.6 Å². The van der Waals surface area contributed by atoms with E-state index in [2.05, 4.69) is 26.1 Å². The minimum atomic E-state index is 0.0496. The normalized spacial score (nSPS) is 16.1. The third-order valence-electron chi connectivity index (χ3n) is 2.18. The summed E-state index contributed by atoms with van der Waals surface area (Å²) in [7, 11) is 0. The highest BCUT2D eigenvalue weighted by atomic mass is 35.5. The number of nitrogens with one attached hydrogen (secondary N) is 1. The van der Waals surface area contributed by atoms with Crippen LogP contribution in [0.15, 0.2) is 0 Å². The van der Waals surface area contributed by atoms with E-state index in [1.54, 1.807) is 0 Å². The molecule has 14 heavy (non-hydrogen) atoms. The van der Waals surface area contributed by atoms with E-state index >= 15 is 0 Å². The van der Waals surface area contributed by atoms with Gasteiger partial charge in [-0.25, -0.2) is 0 Å². The SMILES string of the molecule is CC(CCl)C(C)NC(=O)CC(C)(C)C. The third-order valence-corrected chi connectivity index (χ3v) is 2.66. The second-order valence-electron chi connectivity index (χ2n) is 5.23. The topological polar surface area (TPSA) is 29.1 Å². The summed E-state index contributed by atoms with van der Waals surface area (Å²) >= 11 is 5.71. The number of rotatable bonds is 4. The van der Waals surface area contributed by atoms with Crippen molar-refractivity contribution in [2.75, 3.05) is 5.88 Å². The maximum absolute atomic E-state index is 11.5. The summed E-state index contributed by atoms with van der Waals surface area (Å²) < 4.78 is 0. The van der Waals surface area contributed by atoms with Crippen LogP contribution in [-0.2, 0) is 4.79 Å². The van der Waals surface area contributed by atoms with Gasteiger partial charge in [0.05, 0.1) is 0 Å². The summed E-state index contributed by atoms with van der Waals surface area (Å²) in [6.45, 7) is 10.2. The summed E-state index contributed by atoms with van der Waals surface area (Å²) in [6.07, 6.45) is 0.562. The number of hydrogen-bond donors (Lipinski definition) is 1. The summed E-state index contributed by atoms with van der Waals surface area (Å²) in [4.78, 5) is 11.5. The van der Waals surface area contributed by atoms with Crippen LogP contribution in [0, 0.1) is 11.3 Å². The second kappa shape index (κ2) is 5.59. The maximum Gasteiger partial charge on any atom is 0.220 e. The van der Waals surface area contributed by atoms with Gasteiger partial charge in [-0.2, -0.15) is 0 Å². The molecule has 0 aliphatic heterocycles. The smallest absolute Gasteiger partial charge is 0.220 e. The van der Waals surface area contributed by atoms with Crippen LogP contribution in [0.1, 0.15) is 41.0 Å². The maximum atomic E-state index is 11.5. The average Bonchev–Trinajstić information content (AvgIpc) is 1.99. The molecule has 2 atom stereocenters. The summed E-state index contributed by atoms with van der Waals surface area (Å²) in [5.41, 5.74) is 0.0496. The Kier molecular flexibility index (Phi) is 5.50. The van der Waals surface area contributed by atoms with Gasteiger partial charge in [0.25, 0.3) is 0 Å². The van der Waals surface area contributed by atoms with Crippen molar-refractivity contribution in [2.45, 2.75) is 47.1 Å². The van der Waals surface area contributed by atoms with Gasteiger partial charge in [-0.1, -0.05) is 27.7 Å². The molecule has 0 aromatic heterocycles. The molecule has 0 spiro atoms. The number of amides is 1. The van der Waals surface area contributed by atoms with Crippen LogP contribution in [0.3, 0.4) is 0 Å². The molecule has 0 saturated heterocycles. The molecule has 2 nitrogen and oxygen atoms in total. The van der Waals surface area contributed by atoms with E-state index in [0.29, 0.717) is 18.2 Å². The molecule has 3 heteroatoms. The third kappa shape index (κ3) is 6.25. The highest BCUT2D eigenvalue weighted by Crippen LogP contribution is 2.18. The first kappa shape index (κ1) is 13.8. The number of carbonyl (C=O) groups is 1. The monoisotopic (exact) mass is 219 g/mol. The van der Waals surface area contributed by atoms with Crippen LogP contribution in [0.4, 0.5) is 0 Å². The van der Waals surface area contributed by atoms with Gasteiger partial charge in [-0.15, -0.1) is 11.6 Å². The summed E-state index contributed by atoms with van der Waals surface area (Å²) in [6, 6.07) is 0.155. The highest BCUT2D eigenvalue weighted by Gasteiger charge is 2.19. The lowest BCUT2D eigenvalue weighted by Crippen LogP contribution is -2.39. The quantitative estimate of drug-likeness (QED) is 0.724. The fourth-order valence-electron chi connectivity index (χ4n) is 1.06. The van der Waals surface area contributed by atoms with E-state index in [9.17, 15) is 4.79 Å². The molecular formula is C11H22ClNO. The minimum absolute atomic E-state index is 0.0496. The fourth-order valence-corrected chi connectivity index (χ4v) is 1.33. The zero-order chi connectivity index (χ0) is 11.4. The highest BCUT2D eigenvalue weighted by molar-refractivity contribution is 6.18. The first-order valence-electron chi connectivity index (χ1n) is 5.11. The molecule has 0 fully saturated rings. The van der Waals surface area contributed by atoms with Crippen LogP contribution >= 0.6 is 11.6 Å². The lowest BCUT2D eigenvalue weighted by atomic mass is 9.91. The predicted octanol–water partition coefficient (Wildman–Crippen LogP) is 2.80. The Morgan fingerprint density at radius 3 is 2.21 bits per heavy atom. The van der Waals surface area contributed by atoms with Gasteiger partial charge >= 0.3 is 0 Å². The Hall–Kier alpha value is -0.240. The van der Waals surface area contributed by atoms with Crippen molar-refractivity contribution in [1.29, 1.82) is 0 Å². The second-order valence-corrected chi connectivity index (χ2v) is 5.53. The van der Waals surface area contributed by atoms with E-state index in [1.165, 1.54) is 0 Å². The molecule has 0 saturated carbocycles. The molecule has 84 valence electrons. The summed E-state index contributed by atoms with van der Waals surface area (Å²) in [5.74, 6) is 1.01. The van der Waals surface area contributed by atoms with Crippen LogP contribution in [-0.4, -0.2) is 17.8 Å². The van der Waals surface area contributed by atoms with Crippen LogP contribution in [0.2, 0.25) is 0 Å². The molecule has 0 rings (SSSR count). The molecule has 0 aromatic rings. The number of alkyl halides is 1. The van der Waals surface area contributed by atoms with Crippen molar-refractivity contribution in [1.82, 2.24) is 5.32 Å². The average molecular weight is 220 g/mol. The molecule has 0 aliphatic carbocycles. The van der Waals surface area contributed by atoms with Gasteiger partial charge in [-0.05, 0) is 18.3 Å². The molecule has 1 amide bonds. The number of hydrogen-bond acceptors (Lipinski definition) is 1. The Morgan fingerprint density at radius 2 is 1.86 bits per heavy atom. The van der Waals surface area contributed by atoms with Gasteiger partial charge in [-0.3, -0.25) is 4.79 Å². The lowest BCUT2D eigenvalue weighted by molar-refractivity contribution is -0.123. The fraction of sp³-hybridized carbons (Fsp3) is 0.909. The first-order chi connectivity index (χ1) is 6.26. The van der Waals surface area contributed by atoms with Gasteiger partial charge < -0.3 is 5.32 Å². The standard InChI is InChI=1S/C11H22ClNO/c1-8(7-12)9(2)13-10(14)6-11(3,4)5/h8-9H,6-7H2,1-5H3,(H,13,14). The van der Waals surface area contributed by atoms with E-state index < -0.39 is 0 Å². The summed E-state index contributed by atoms with van der Waals surface area (Å²) in [5, 5.41) is 2.96. The zero-order valence-corrected chi connectivity index (χ0v) is 10.6. The first-order valence-corrected chi connectivity index (χ1v) is 5.65. The number of halogens is 1. The predicted molar refractivity (Wildman–Crippen MR) is 61.6 cm³/mol. The zero-order valence-electron chi connectivity index (χ0n) is 9.86. The van der Waals surface area contributed by atoms with Crippen LogP contribution in [0.5, 0.6) is 0 Å². The Morgan fingerprint density at radius 1 is 1.36 bits per heavy atom. The van der Waals surface area contributed by atoms with Crippen molar-refractivity contribution in [2.24, 2.45) is 11.3 Å². The van der Waals surface area contributed by atoms with Crippen molar-refractivity contribution in [3.8, 4) is 0 Å². The molecule has 0 aliphatic rings. The van der Waals surface area contributed by atoms with Crippen molar-refractivity contribution >= 4 is 17.5 Å². The van der Waals surface area contributed by atoms with Crippen LogP contribution < -0.4 is 5.32 Å². The molecule has 0 aromatic carbocycles. The minimum Gasteiger partial charge on any atom is -0.353 e. The van der Waals surface area contributed by atoms with E-state index in [-0.39, 0.29) is 17.4 Å². The lowest BCUT2D eigenvalue weighted by Gasteiger charge is -2.22. The largest absolute Gasteiger partial charge is 0.353 e. The van der Waals surface area contributed by atoms with Gasteiger partial charge in [0.15, 0.2) is 0 Å². The van der Waals surface area contributed by atoms with E-state index in [1.807, 2.05) is 13.8 Å². The number of carbonyl (C=O) groups excluding carboxylic acids is 1. The van der Waals surface area contributed by atoms with Crippen LogP contribution in [0.25, 0.3) is 0 Å². The molecule has 2 unspecified atom stereocenters. The molecular weight excluding hydrogens is 198 g/mol. The Bertz CT molecular complexity index is 186. The molecule has 0 heterocycles. The van der Waals surface area contributed by atoms with Crippen molar-refractivity contribution < 1.29 is 4.79 Å². The van der Waals surface area contributed by atoms with Gasteiger partial charge in [0, 0.05) is 18.3 Å². The molecule has 0 radical (unpaired) electrons. The van der Waals surface area contributed by atoms with E-state index in [0.717, 1.165) is 0 Å². The Labute approximate surface area is 92.4 Å². The van der Waals surface area contributed by atoms with Crippen molar-refractivity contribution in [3.63, 3.8) is 0 Å². The molecule has 1 N–H and O–H groups in total. The molecule has 0 bridgehead atoms. The van der Waals surface area contributed by atoms with Gasteiger partial charge in [0.1, 0.15) is 0 Å².